The van der Waals surface area contributed by atoms with Gasteiger partial charge < -0.3 is 9.11 Å². The third-order valence-corrected chi connectivity index (χ3v) is 7.24. The molecule has 0 unspecified atom stereocenters. The molecule has 2 aromatic rings. The summed E-state index contributed by atoms with van der Waals surface area (Å²) in [4.78, 5) is -1.13. The van der Waals surface area contributed by atoms with Gasteiger partial charge in [-0.15, -0.1) is 0 Å². The maximum absolute atomic E-state index is 11.7. The van der Waals surface area contributed by atoms with Gasteiger partial charge in [0.2, 0.25) is 0 Å². The van der Waals surface area contributed by atoms with E-state index in [4.69, 9.17) is 0 Å². The Morgan fingerprint density at radius 2 is 0.962 bits per heavy atom. The standard InChI is InChI=1S/C14H12Br2O6S2.2K/c1-7-11(15)5-3-9(13(7)23(17,18)19)10-4-6-12(16)8(2)14(10)24(20,21)22;;/h3-6H,1-2H3,(H,17,18,19)(H,20,21,22);;/q;2*+1/p-2. The largest absolute Gasteiger partial charge is 1.00 e. The van der Waals surface area contributed by atoms with Gasteiger partial charge in [-0.3, -0.25) is 0 Å². The molecule has 2 aromatic carbocycles. The summed E-state index contributed by atoms with van der Waals surface area (Å²) in [6.45, 7) is 2.82. The predicted molar refractivity (Wildman–Crippen MR) is 92.7 cm³/mol. The van der Waals surface area contributed by atoms with Crippen molar-refractivity contribution in [3.8, 4) is 11.1 Å². The van der Waals surface area contributed by atoms with E-state index in [1.54, 1.807) is 0 Å². The van der Waals surface area contributed by atoms with E-state index in [0.29, 0.717) is 8.95 Å². The Kier molecular flexibility index (Phi) is 11.7. The van der Waals surface area contributed by atoms with Crippen LogP contribution in [-0.2, 0) is 20.2 Å². The molecule has 0 fully saturated rings. The van der Waals surface area contributed by atoms with Crippen LogP contribution in [0.4, 0.5) is 0 Å². The Morgan fingerprint density at radius 3 is 1.19 bits per heavy atom. The van der Waals surface area contributed by atoms with E-state index in [-0.39, 0.29) is 125 Å². The molecule has 0 amide bonds. The topological polar surface area (TPSA) is 114 Å². The van der Waals surface area contributed by atoms with Gasteiger partial charge in [0.1, 0.15) is 20.2 Å². The molecule has 0 atom stereocenters. The van der Waals surface area contributed by atoms with E-state index < -0.39 is 30.0 Å². The molecule has 0 aromatic heterocycles. The molecule has 0 heterocycles. The molecule has 130 valence electrons. The first kappa shape index (κ1) is 28.5. The summed E-state index contributed by atoms with van der Waals surface area (Å²) in [6, 6.07) is 5.55. The Morgan fingerprint density at radius 1 is 0.692 bits per heavy atom. The second-order valence-electron chi connectivity index (χ2n) is 5.01. The van der Waals surface area contributed by atoms with Crippen molar-refractivity contribution in [2.75, 3.05) is 0 Å². The predicted octanol–water partition coefficient (Wildman–Crippen LogP) is -2.69. The summed E-state index contributed by atoms with van der Waals surface area (Å²) < 4.78 is 71.0. The molecule has 0 saturated carbocycles. The fraction of sp³-hybridized carbons (Fsp3) is 0.143. The quantitative estimate of drug-likeness (QED) is 0.291. The van der Waals surface area contributed by atoms with Gasteiger partial charge in [0.15, 0.2) is 0 Å². The molecule has 0 aliphatic carbocycles. The molecule has 0 saturated heterocycles. The number of rotatable bonds is 3. The summed E-state index contributed by atoms with van der Waals surface area (Å²) in [5.74, 6) is 0. The molecule has 0 spiro atoms. The van der Waals surface area contributed by atoms with E-state index in [9.17, 15) is 25.9 Å². The van der Waals surface area contributed by atoms with Crippen LogP contribution in [0, 0.1) is 13.8 Å². The van der Waals surface area contributed by atoms with E-state index in [2.05, 4.69) is 31.9 Å². The van der Waals surface area contributed by atoms with Gasteiger partial charge in [-0.2, -0.15) is 0 Å². The van der Waals surface area contributed by atoms with Gasteiger partial charge in [0, 0.05) is 20.1 Å². The van der Waals surface area contributed by atoms with Crippen molar-refractivity contribution in [3.63, 3.8) is 0 Å². The molecule has 26 heavy (non-hydrogen) atoms. The molecule has 2 rings (SSSR count). The Bertz CT molecular complexity index is 968. The summed E-state index contributed by atoms with van der Waals surface area (Å²) in [5.41, 5.74) is 0.0149. The molecular formula is C14H10Br2K2O6S2. The summed E-state index contributed by atoms with van der Waals surface area (Å²) in [6.07, 6.45) is 0. The van der Waals surface area contributed by atoms with Crippen molar-refractivity contribution in [3.05, 3.63) is 44.3 Å². The van der Waals surface area contributed by atoms with Gasteiger partial charge in [-0.1, -0.05) is 44.0 Å². The van der Waals surface area contributed by atoms with Crippen molar-refractivity contribution < 1.29 is 129 Å². The van der Waals surface area contributed by atoms with Gasteiger partial charge in [0.25, 0.3) is 0 Å². The Labute approximate surface area is 254 Å². The fourth-order valence-corrected chi connectivity index (χ4v) is 5.19. The van der Waals surface area contributed by atoms with Crippen LogP contribution in [0.1, 0.15) is 11.1 Å². The SMILES string of the molecule is Cc1c(Br)ccc(-c2ccc(Br)c(C)c2S(=O)(=O)[O-])c1S(=O)(=O)[O-].[K+].[K+]. The molecule has 0 N–H and O–H groups in total. The van der Waals surface area contributed by atoms with Crippen LogP contribution in [0.3, 0.4) is 0 Å². The maximum atomic E-state index is 11.7. The first-order chi connectivity index (χ1) is 10.9. The minimum absolute atomic E-state index is 0. The molecular weight excluding hydrogens is 566 g/mol. The number of halogens is 2. The summed E-state index contributed by atoms with van der Waals surface area (Å²) >= 11 is 6.28. The molecule has 0 aliphatic heterocycles. The van der Waals surface area contributed by atoms with E-state index in [1.807, 2.05) is 0 Å². The third-order valence-electron chi connectivity index (χ3n) is 3.47. The first-order valence-corrected chi connectivity index (χ1v) is 10.8. The van der Waals surface area contributed by atoms with E-state index >= 15 is 0 Å². The summed E-state index contributed by atoms with van der Waals surface area (Å²) in [5, 5.41) is 0. The average molecular weight is 576 g/mol. The van der Waals surface area contributed by atoms with Gasteiger partial charge in [-0.25, -0.2) is 16.8 Å². The van der Waals surface area contributed by atoms with Crippen molar-refractivity contribution in [1.29, 1.82) is 0 Å². The van der Waals surface area contributed by atoms with Crippen molar-refractivity contribution >= 4 is 52.1 Å². The minimum atomic E-state index is -4.91. The van der Waals surface area contributed by atoms with Gasteiger partial charge >= 0.3 is 103 Å². The zero-order valence-electron chi connectivity index (χ0n) is 14.3. The van der Waals surface area contributed by atoms with Crippen molar-refractivity contribution in [1.82, 2.24) is 0 Å². The van der Waals surface area contributed by atoms with Crippen LogP contribution in [0.25, 0.3) is 11.1 Å². The Hall–Kier alpha value is 2.49. The smallest absolute Gasteiger partial charge is 0.744 e. The Balaban J connectivity index is 0.00000312. The first-order valence-electron chi connectivity index (χ1n) is 6.36. The van der Waals surface area contributed by atoms with Crippen LogP contribution in [-0.4, -0.2) is 25.9 Å². The number of benzene rings is 2. The molecule has 0 aliphatic rings. The zero-order chi connectivity index (χ0) is 18.4. The maximum Gasteiger partial charge on any atom is 1.00 e. The molecule has 12 heteroatoms. The van der Waals surface area contributed by atoms with Crippen LogP contribution in [0.5, 0.6) is 0 Å². The normalized spacial score (nSPS) is 11.5. The van der Waals surface area contributed by atoms with Crippen molar-refractivity contribution in [2.24, 2.45) is 0 Å². The van der Waals surface area contributed by atoms with Crippen LogP contribution >= 0.6 is 31.9 Å². The van der Waals surface area contributed by atoms with Crippen LogP contribution < -0.4 is 103 Å². The van der Waals surface area contributed by atoms with Crippen molar-refractivity contribution in [2.45, 2.75) is 23.6 Å². The number of hydrogen-bond donors (Lipinski definition) is 0. The monoisotopic (exact) mass is 574 g/mol. The average Bonchev–Trinajstić information content (AvgIpc) is 2.41. The van der Waals surface area contributed by atoms with Crippen LogP contribution in [0.2, 0.25) is 0 Å². The van der Waals surface area contributed by atoms with Gasteiger partial charge in [-0.05, 0) is 37.1 Å². The molecule has 0 bridgehead atoms. The van der Waals surface area contributed by atoms with Crippen LogP contribution in [0.15, 0.2) is 43.0 Å². The van der Waals surface area contributed by atoms with E-state index in [0.717, 1.165) is 0 Å². The second-order valence-corrected chi connectivity index (χ2v) is 9.35. The fourth-order valence-electron chi connectivity index (χ4n) is 2.40. The summed E-state index contributed by atoms with van der Waals surface area (Å²) in [7, 11) is -9.82. The second kappa shape index (κ2) is 10.7. The number of hydrogen-bond acceptors (Lipinski definition) is 6. The third kappa shape index (κ3) is 6.25. The molecule has 0 radical (unpaired) electrons. The molecule has 6 nitrogen and oxygen atoms in total. The van der Waals surface area contributed by atoms with E-state index in [1.165, 1.54) is 38.1 Å². The van der Waals surface area contributed by atoms with Gasteiger partial charge in [0.05, 0.1) is 9.79 Å². The zero-order valence-corrected chi connectivity index (χ0v) is 25.4. The minimum Gasteiger partial charge on any atom is -0.744 e.